The lowest BCUT2D eigenvalue weighted by atomic mass is 9.77. The molecule has 1 fully saturated rings. The van der Waals surface area contributed by atoms with Crippen LogP contribution in [-0.2, 0) is 11.8 Å². The van der Waals surface area contributed by atoms with E-state index in [1.165, 1.54) is 6.07 Å². The van der Waals surface area contributed by atoms with E-state index in [0.717, 1.165) is 12.1 Å². The number of aliphatic hydroxyl groups is 1. The molecule has 0 unspecified atom stereocenters. The molecular formula is C25H28ClF3N4O2. The van der Waals surface area contributed by atoms with E-state index in [2.05, 4.69) is 11.4 Å². The van der Waals surface area contributed by atoms with Crippen LogP contribution in [0, 0.1) is 11.3 Å². The molecule has 35 heavy (non-hydrogen) atoms. The van der Waals surface area contributed by atoms with Gasteiger partial charge in [0.25, 0.3) is 0 Å². The van der Waals surface area contributed by atoms with Gasteiger partial charge in [-0.3, -0.25) is 0 Å². The molecule has 2 aromatic carbocycles. The number of alkyl halides is 3. The minimum Gasteiger partial charge on any atom is -0.385 e. The summed E-state index contributed by atoms with van der Waals surface area (Å²) in [7, 11) is 3.74. The highest BCUT2D eigenvalue weighted by molar-refractivity contribution is 6.31. The number of amides is 2. The number of urea groups is 1. The van der Waals surface area contributed by atoms with Crippen molar-refractivity contribution in [3.8, 4) is 6.07 Å². The zero-order valence-corrected chi connectivity index (χ0v) is 20.3. The van der Waals surface area contributed by atoms with E-state index in [-0.39, 0.29) is 11.7 Å². The fourth-order valence-corrected chi connectivity index (χ4v) is 4.56. The minimum absolute atomic E-state index is 0.00205. The average molecular weight is 509 g/mol. The maximum absolute atomic E-state index is 13.2. The topological polar surface area (TPSA) is 79.6 Å². The van der Waals surface area contributed by atoms with E-state index >= 15 is 0 Å². The van der Waals surface area contributed by atoms with Crippen LogP contribution >= 0.6 is 11.6 Å². The predicted molar refractivity (Wildman–Crippen MR) is 128 cm³/mol. The average Bonchev–Trinajstić information content (AvgIpc) is 2.80. The molecule has 3 rings (SSSR count). The first kappa shape index (κ1) is 26.8. The number of hydrogen-bond acceptors (Lipinski definition) is 4. The van der Waals surface area contributed by atoms with Crippen molar-refractivity contribution in [1.29, 1.82) is 5.26 Å². The number of nitrogens with zero attached hydrogens (tertiary/aromatic N) is 3. The number of benzene rings is 2. The lowest BCUT2D eigenvalue weighted by Gasteiger charge is -2.41. The Hall–Kier alpha value is -2.80. The quantitative estimate of drug-likeness (QED) is 0.543. The van der Waals surface area contributed by atoms with Crippen LogP contribution in [0.15, 0.2) is 42.5 Å². The maximum atomic E-state index is 13.2. The number of nitriles is 1. The van der Waals surface area contributed by atoms with Gasteiger partial charge in [-0.15, -0.1) is 0 Å². The van der Waals surface area contributed by atoms with Crippen molar-refractivity contribution in [2.75, 3.05) is 32.5 Å². The van der Waals surface area contributed by atoms with Gasteiger partial charge in [0.05, 0.1) is 27.8 Å². The second-order valence-corrected chi connectivity index (χ2v) is 9.48. The van der Waals surface area contributed by atoms with Gasteiger partial charge in [0.2, 0.25) is 0 Å². The number of anilines is 1. The second kappa shape index (κ2) is 10.9. The standard InChI is InChI=1S/C25H28ClF3N4O2/c1-32(2)12-13-33(23(34)31-19-6-7-22(26)21(15-19)25(27,28)29)20-8-10-24(35,11-9-20)18-5-3-4-17(14-18)16-30/h3-7,14-15,20,35H,8-13H2,1-2H3,(H,31,34)/t20-,24+. The molecule has 2 N–H and O–H groups in total. The van der Waals surface area contributed by atoms with Gasteiger partial charge in [-0.1, -0.05) is 23.7 Å². The van der Waals surface area contributed by atoms with Crippen LogP contribution in [0.4, 0.5) is 23.7 Å². The Morgan fingerprint density at radius 3 is 2.49 bits per heavy atom. The molecule has 2 amide bonds. The van der Waals surface area contributed by atoms with Crippen molar-refractivity contribution in [2.24, 2.45) is 0 Å². The van der Waals surface area contributed by atoms with Crippen molar-refractivity contribution >= 4 is 23.3 Å². The van der Waals surface area contributed by atoms with Gasteiger partial charge >= 0.3 is 12.2 Å². The van der Waals surface area contributed by atoms with Crippen LogP contribution in [-0.4, -0.2) is 54.2 Å². The summed E-state index contributed by atoms with van der Waals surface area (Å²) in [5.41, 5.74) is -0.988. The molecule has 0 aliphatic heterocycles. The molecule has 1 saturated carbocycles. The molecule has 0 bridgehead atoms. The molecule has 0 radical (unpaired) electrons. The second-order valence-electron chi connectivity index (χ2n) is 9.07. The number of likely N-dealkylation sites (N-methyl/N-ethyl adjacent to an activating group) is 1. The van der Waals surface area contributed by atoms with Gasteiger partial charge in [0.1, 0.15) is 0 Å². The Labute approximate surface area is 207 Å². The molecule has 10 heteroatoms. The van der Waals surface area contributed by atoms with Gasteiger partial charge < -0.3 is 20.2 Å². The number of rotatable bonds is 6. The molecule has 0 atom stereocenters. The number of hydrogen-bond donors (Lipinski definition) is 2. The molecule has 0 saturated heterocycles. The maximum Gasteiger partial charge on any atom is 0.417 e. The van der Waals surface area contributed by atoms with Gasteiger partial charge in [0, 0.05) is 24.8 Å². The molecule has 0 spiro atoms. The summed E-state index contributed by atoms with van der Waals surface area (Å²) in [5, 5.41) is 22.5. The summed E-state index contributed by atoms with van der Waals surface area (Å²) in [6.45, 7) is 0.929. The van der Waals surface area contributed by atoms with Crippen LogP contribution in [0.5, 0.6) is 0 Å². The van der Waals surface area contributed by atoms with E-state index in [4.69, 9.17) is 16.9 Å². The van der Waals surface area contributed by atoms with Crippen molar-refractivity contribution in [2.45, 2.75) is 43.5 Å². The van der Waals surface area contributed by atoms with Crippen LogP contribution in [0.3, 0.4) is 0 Å². The zero-order valence-electron chi connectivity index (χ0n) is 19.6. The molecule has 2 aromatic rings. The molecule has 0 aromatic heterocycles. The fourth-order valence-electron chi connectivity index (χ4n) is 4.33. The van der Waals surface area contributed by atoms with E-state index in [9.17, 15) is 23.1 Å². The van der Waals surface area contributed by atoms with E-state index in [1.54, 1.807) is 29.2 Å². The Kier molecular flexibility index (Phi) is 8.31. The number of carbonyl (C=O) groups is 1. The fraction of sp³-hybridized carbons (Fsp3) is 0.440. The first-order valence-corrected chi connectivity index (χ1v) is 11.6. The molecular weight excluding hydrogens is 481 g/mol. The normalized spacial score (nSPS) is 20.4. The Balaban J connectivity index is 1.76. The highest BCUT2D eigenvalue weighted by Gasteiger charge is 2.38. The van der Waals surface area contributed by atoms with Crippen LogP contribution in [0.25, 0.3) is 0 Å². The largest absolute Gasteiger partial charge is 0.417 e. The number of nitrogens with one attached hydrogen (secondary N) is 1. The SMILES string of the molecule is CN(C)CCN(C(=O)Nc1ccc(Cl)c(C(F)(F)F)c1)[C@H]1CC[C@](O)(c2cccc(C#N)c2)CC1. The Morgan fingerprint density at radius 2 is 1.89 bits per heavy atom. The van der Waals surface area contributed by atoms with Gasteiger partial charge in [0.15, 0.2) is 0 Å². The first-order valence-electron chi connectivity index (χ1n) is 11.2. The lowest BCUT2D eigenvalue weighted by Crippen LogP contribution is -2.49. The Bertz CT molecular complexity index is 1090. The van der Waals surface area contributed by atoms with Gasteiger partial charge in [-0.25, -0.2) is 4.79 Å². The first-order chi connectivity index (χ1) is 16.4. The predicted octanol–water partition coefficient (Wildman–Crippen LogP) is 5.46. The van der Waals surface area contributed by atoms with Crippen LogP contribution < -0.4 is 5.32 Å². The van der Waals surface area contributed by atoms with Crippen molar-refractivity contribution in [3.63, 3.8) is 0 Å². The summed E-state index contributed by atoms with van der Waals surface area (Å²) in [5.74, 6) is 0. The van der Waals surface area contributed by atoms with Crippen molar-refractivity contribution < 1.29 is 23.1 Å². The number of halogens is 4. The minimum atomic E-state index is -4.64. The molecule has 0 heterocycles. The third kappa shape index (κ3) is 6.66. The molecule has 6 nitrogen and oxygen atoms in total. The van der Waals surface area contributed by atoms with Crippen LogP contribution in [0.2, 0.25) is 5.02 Å². The molecule has 188 valence electrons. The summed E-state index contributed by atoms with van der Waals surface area (Å²) in [6, 6.07) is 11.5. The zero-order chi connectivity index (χ0) is 25.8. The van der Waals surface area contributed by atoms with Crippen LogP contribution in [0.1, 0.15) is 42.4 Å². The van der Waals surface area contributed by atoms with E-state index in [0.29, 0.717) is 49.9 Å². The van der Waals surface area contributed by atoms with E-state index in [1.807, 2.05) is 19.0 Å². The number of carbonyl (C=O) groups excluding carboxylic acids is 1. The Morgan fingerprint density at radius 1 is 1.20 bits per heavy atom. The third-order valence-electron chi connectivity index (χ3n) is 6.32. The third-order valence-corrected chi connectivity index (χ3v) is 6.65. The molecule has 1 aliphatic rings. The van der Waals surface area contributed by atoms with Crippen molar-refractivity contribution in [1.82, 2.24) is 9.80 Å². The van der Waals surface area contributed by atoms with Crippen molar-refractivity contribution in [3.05, 3.63) is 64.2 Å². The summed E-state index contributed by atoms with van der Waals surface area (Å²) < 4.78 is 39.7. The summed E-state index contributed by atoms with van der Waals surface area (Å²) >= 11 is 5.69. The smallest absolute Gasteiger partial charge is 0.385 e. The van der Waals surface area contributed by atoms with Gasteiger partial charge in [-0.2, -0.15) is 18.4 Å². The highest BCUT2D eigenvalue weighted by atomic mass is 35.5. The summed E-state index contributed by atoms with van der Waals surface area (Å²) in [6.07, 6.45) is -2.86. The summed E-state index contributed by atoms with van der Waals surface area (Å²) in [4.78, 5) is 16.7. The van der Waals surface area contributed by atoms with Gasteiger partial charge in [-0.05, 0) is 75.7 Å². The lowest BCUT2D eigenvalue weighted by molar-refractivity contribution is -0.137. The molecule has 1 aliphatic carbocycles. The monoisotopic (exact) mass is 508 g/mol. The highest BCUT2D eigenvalue weighted by Crippen LogP contribution is 2.39. The van der Waals surface area contributed by atoms with E-state index < -0.39 is 28.4 Å².